The number of anilines is 1. The Balaban J connectivity index is 2.66. The number of amides is 2. The molecule has 0 aliphatic heterocycles. The number of hydrogen-bond acceptors (Lipinski definition) is 3. The normalized spacial score (nSPS) is 11.5. The molecule has 1 rings (SSSR count). The fourth-order valence-corrected chi connectivity index (χ4v) is 1.62. The fourth-order valence-electron chi connectivity index (χ4n) is 1.62. The Kier molecular flexibility index (Phi) is 5.85. The molecule has 1 atom stereocenters. The lowest BCUT2D eigenvalue weighted by atomic mass is 10.1. The van der Waals surface area contributed by atoms with Crippen LogP contribution in [-0.2, 0) is 4.79 Å². The molecule has 1 unspecified atom stereocenters. The molecule has 1 aromatic carbocycles. The van der Waals surface area contributed by atoms with Crippen LogP contribution in [0.4, 0.5) is 10.5 Å². The van der Waals surface area contributed by atoms with Crippen LogP contribution in [0, 0.1) is 5.92 Å². The van der Waals surface area contributed by atoms with E-state index in [0.717, 1.165) is 12.8 Å². The molecule has 0 aromatic heterocycles. The molecule has 0 bridgehead atoms. The first-order valence-corrected chi connectivity index (χ1v) is 6.37. The van der Waals surface area contributed by atoms with Crippen molar-refractivity contribution in [2.75, 3.05) is 12.4 Å². The lowest BCUT2D eigenvalue weighted by Gasteiger charge is -2.12. The number of hydrogen-bond donors (Lipinski definition) is 2. The predicted octanol–water partition coefficient (Wildman–Crippen LogP) is 2.78. The van der Waals surface area contributed by atoms with E-state index in [9.17, 15) is 9.59 Å². The Labute approximate surface area is 113 Å². The highest BCUT2D eigenvalue weighted by molar-refractivity contribution is 5.92. The molecule has 104 valence electrons. The molecule has 0 spiro atoms. The van der Waals surface area contributed by atoms with Gasteiger partial charge >= 0.3 is 6.09 Å². The van der Waals surface area contributed by atoms with E-state index in [1.165, 1.54) is 7.05 Å². The van der Waals surface area contributed by atoms with E-state index in [0.29, 0.717) is 11.4 Å². The zero-order chi connectivity index (χ0) is 14.3. The van der Waals surface area contributed by atoms with Gasteiger partial charge in [0.15, 0.2) is 0 Å². The Hall–Kier alpha value is -2.04. The highest BCUT2D eigenvalue weighted by Gasteiger charge is 2.12. The number of carbonyl (C=O) groups excluding carboxylic acids is 2. The van der Waals surface area contributed by atoms with Gasteiger partial charge in [-0.25, -0.2) is 4.79 Å². The number of carbonyl (C=O) groups is 2. The lowest BCUT2D eigenvalue weighted by molar-refractivity contribution is -0.119. The van der Waals surface area contributed by atoms with Crippen LogP contribution in [0.3, 0.4) is 0 Å². The third-order valence-corrected chi connectivity index (χ3v) is 2.69. The number of benzene rings is 1. The summed E-state index contributed by atoms with van der Waals surface area (Å²) in [6.45, 7) is 3.94. The van der Waals surface area contributed by atoms with E-state index >= 15 is 0 Å². The average Bonchev–Trinajstić information content (AvgIpc) is 2.39. The van der Waals surface area contributed by atoms with E-state index in [-0.39, 0.29) is 11.8 Å². The molecule has 0 aliphatic rings. The molecule has 0 fully saturated rings. The SMILES string of the molecule is CCCC(C)C(=O)Nc1cccc(OC(=O)NC)c1. The highest BCUT2D eigenvalue weighted by Crippen LogP contribution is 2.18. The van der Waals surface area contributed by atoms with Crippen molar-refractivity contribution in [1.82, 2.24) is 5.32 Å². The smallest absolute Gasteiger partial charge is 0.410 e. The third kappa shape index (κ3) is 4.99. The van der Waals surface area contributed by atoms with Crippen molar-refractivity contribution in [2.24, 2.45) is 5.92 Å². The minimum Gasteiger partial charge on any atom is -0.410 e. The second-order valence-electron chi connectivity index (χ2n) is 4.35. The van der Waals surface area contributed by atoms with Crippen LogP contribution in [-0.4, -0.2) is 19.0 Å². The second kappa shape index (κ2) is 7.41. The van der Waals surface area contributed by atoms with E-state index < -0.39 is 6.09 Å². The Morgan fingerprint density at radius 2 is 2.11 bits per heavy atom. The quantitative estimate of drug-likeness (QED) is 0.859. The number of rotatable bonds is 5. The molecular formula is C14H20N2O3. The maximum Gasteiger partial charge on any atom is 0.412 e. The zero-order valence-corrected chi connectivity index (χ0v) is 11.5. The first kappa shape index (κ1) is 15.0. The monoisotopic (exact) mass is 264 g/mol. The van der Waals surface area contributed by atoms with Crippen LogP contribution >= 0.6 is 0 Å². The molecule has 19 heavy (non-hydrogen) atoms. The molecule has 0 saturated heterocycles. The van der Waals surface area contributed by atoms with Crippen molar-refractivity contribution in [3.8, 4) is 5.75 Å². The van der Waals surface area contributed by atoms with Crippen molar-refractivity contribution in [3.05, 3.63) is 24.3 Å². The molecule has 1 aromatic rings. The standard InChI is InChI=1S/C14H20N2O3/c1-4-6-10(2)13(17)16-11-7-5-8-12(9-11)19-14(18)15-3/h5,7-10H,4,6H2,1-3H3,(H,15,18)(H,16,17). The van der Waals surface area contributed by atoms with Crippen LogP contribution in [0.25, 0.3) is 0 Å². The van der Waals surface area contributed by atoms with Gasteiger partial charge in [-0.15, -0.1) is 0 Å². The average molecular weight is 264 g/mol. The summed E-state index contributed by atoms with van der Waals surface area (Å²) in [7, 11) is 1.49. The van der Waals surface area contributed by atoms with Crippen LogP contribution in [0.1, 0.15) is 26.7 Å². The van der Waals surface area contributed by atoms with Crippen molar-refractivity contribution >= 4 is 17.7 Å². The van der Waals surface area contributed by atoms with Crippen molar-refractivity contribution in [2.45, 2.75) is 26.7 Å². The third-order valence-electron chi connectivity index (χ3n) is 2.69. The van der Waals surface area contributed by atoms with Crippen LogP contribution in [0.15, 0.2) is 24.3 Å². The van der Waals surface area contributed by atoms with Gasteiger partial charge in [-0.2, -0.15) is 0 Å². The molecular weight excluding hydrogens is 244 g/mol. The summed E-state index contributed by atoms with van der Waals surface area (Å²) in [5.74, 6) is 0.327. The largest absolute Gasteiger partial charge is 0.412 e. The minimum absolute atomic E-state index is 0.0288. The summed E-state index contributed by atoms with van der Waals surface area (Å²) in [6, 6.07) is 6.75. The minimum atomic E-state index is -0.539. The Morgan fingerprint density at radius 1 is 1.37 bits per heavy atom. The summed E-state index contributed by atoms with van der Waals surface area (Å²) < 4.78 is 4.99. The second-order valence-corrected chi connectivity index (χ2v) is 4.35. The van der Waals surface area contributed by atoms with Gasteiger partial charge in [0.2, 0.25) is 5.91 Å². The van der Waals surface area contributed by atoms with E-state index in [4.69, 9.17) is 4.74 Å². The van der Waals surface area contributed by atoms with Gasteiger partial charge in [-0.1, -0.05) is 26.3 Å². The van der Waals surface area contributed by atoms with E-state index in [2.05, 4.69) is 10.6 Å². The summed E-state index contributed by atoms with van der Waals surface area (Å²) in [6.07, 6.45) is 1.28. The first-order valence-electron chi connectivity index (χ1n) is 6.37. The maximum atomic E-state index is 11.9. The molecule has 0 saturated carbocycles. The summed E-state index contributed by atoms with van der Waals surface area (Å²) in [4.78, 5) is 22.9. The molecule has 0 heterocycles. The van der Waals surface area contributed by atoms with Gasteiger partial charge in [-0.05, 0) is 18.6 Å². The van der Waals surface area contributed by atoms with Gasteiger partial charge in [-0.3, -0.25) is 4.79 Å². The van der Waals surface area contributed by atoms with Crippen molar-refractivity contribution in [1.29, 1.82) is 0 Å². The molecule has 5 heteroatoms. The van der Waals surface area contributed by atoms with Crippen molar-refractivity contribution < 1.29 is 14.3 Å². The van der Waals surface area contributed by atoms with Gasteiger partial charge < -0.3 is 15.4 Å². The van der Waals surface area contributed by atoms with E-state index in [1.807, 2.05) is 13.8 Å². The van der Waals surface area contributed by atoms with Gasteiger partial charge in [0.1, 0.15) is 5.75 Å². The van der Waals surface area contributed by atoms with Gasteiger partial charge in [0.05, 0.1) is 0 Å². The topological polar surface area (TPSA) is 67.4 Å². The van der Waals surface area contributed by atoms with Gasteiger partial charge in [0, 0.05) is 24.7 Å². The highest BCUT2D eigenvalue weighted by atomic mass is 16.5. The van der Waals surface area contributed by atoms with Crippen molar-refractivity contribution in [3.63, 3.8) is 0 Å². The van der Waals surface area contributed by atoms with Crippen LogP contribution < -0.4 is 15.4 Å². The van der Waals surface area contributed by atoms with Crippen LogP contribution in [0.5, 0.6) is 5.75 Å². The molecule has 2 amide bonds. The predicted molar refractivity (Wildman–Crippen MR) is 74.2 cm³/mol. The maximum absolute atomic E-state index is 11.9. The van der Waals surface area contributed by atoms with E-state index in [1.54, 1.807) is 24.3 Å². The molecule has 2 N–H and O–H groups in total. The Bertz CT molecular complexity index is 446. The summed E-state index contributed by atoms with van der Waals surface area (Å²) in [5, 5.41) is 5.17. The molecule has 5 nitrogen and oxygen atoms in total. The first-order chi connectivity index (χ1) is 9.06. The van der Waals surface area contributed by atoms with Crippen LogP contribution in [0.2, 0.25) is 0 Å². The summed E-state index contributed by atoms with van der Waals surface area (Å²) >= 11 is 0. The summed E-state index contributed by atoms with van der Waals surface area (Å²) in [5.41, 5.74) is 0.620. The Morgan fingerprint density at radius 3 is 2.74 bits per heavy atom. The zero-order valence-electron chi connectivity index (χ0n) is 11.5. The lowest BCUT2D eigenvalue weighted by Crippen LogP contribution is -2.22. The molecule has 0 radical (unpaired) electrons. The fraction of sp³-hybridized carbons (Fsp3) is 0.429. The number of nitrogens with one attached hydrogen (secondary N) is 2. The molecule has 0 aliphatic carbocycles. The number of ether oxygens (including phenoxy) is 1. The van der Waals surface area contributed by atoms with Gasteiger partial charge in [0.25, 0.3) is 0 Å².